The Bertz CT molecular complexity index is 470. The van der Waals surface area contributed by atoms with E-state index in [0.29, 0.717) is 18.9 Å². The van der Waals surface area contributed by atoms with Gasteiger partial charge < -0.3 is 9.64 Å². The number of amides is 1. The minimum atomic E-state index is -0.122. The predicted octanol–water partition coefficient (Wildman–Crippen LogP) is 1.56. The molecule has 1 amide bonds. The summed E-state index contributed by atoms with van der Waals surface area (Å²) in [5, 5.41) is 0. The molecule has 2 aliphatic heterocycles. The van der Waals surface area contributed by atoms with E-state index in [9.17, 15) is 4.79 Å². The Morgan fingerprint density at radius 2 is 2.18 bits per heavy atom. The zero-order chi connectivity index (χ0) is 11.8. The molecule has 0 spiro atoms. The Kier molecular flexibility index (Phi) is 2.35. The molecule has 1 fully saturated rings. The molecule has 2 aliphatic rings. The lowest BCUT2D eigenvalue weighted by molar-refractivity contribution is -0.129. The number of benzene rings is 1. The number of carbonyl (C=O) groups excluding carboxylic acids is 1. The maximum Gasteiger partial charge on any atom is 0.228 e. The summed E-state index contributed by atoms with van der Waals surface area (Å²) in [5.74, 6) is 0.811. The van der Waals surface area contributed by atoms with Crippen molar-refractivity contribution in [1.29, 1.82) is 0 Å². The lowest BCUT2D eigenvalue weighted by atomic mass is 10.2. The molecule has 17 heavy (non-hydrogen) atoms. The Balaban J connectivity index is 1.81. The second-order valence-electron chi connectivity index (χ2n) is 4.43. The van der Waals surface area contributed by atoms with Crippen molar-refractivity contribution in [2.75, 3.05) is 0 Å². The van der Waals surface area contributed by atoms with Gasteiger partial charge in [-0.05, 0) is 5.56 Å². The fourth-order valence-corrected chi connectivity index (χ4v) is 2.40. The van der Waals surface area contributed by atoms with E-state index in [4.69, 9.17) is 4.74 Å². The number of hydrogen-bond acceptors (Lipinski definition) is 3. The Hall–Kier alpha value is -1.84. The highest BCUT2D eigenvalue weighted by Crippen LogP contribution is 2.29. The summed E-state index contributed by atoms with van der Waals surface area (Å²) >= 11 is 0. The van der Waals surface area contributed by atoms with E-state index in [2.05, 4.69) is 4.99 Å². The molecule has 4 nitrogen and oxygen atoms in total. The molecule has 0 aliphatic carbocycles. The lowest BCUT2D eigenvalue weighted by Crippen LogP contribution is -2.33. The molecule has 2 atom stereocenters. The third kappa shape index (κ3) is 1.79. The van der Waals surface area contributed by atoms with Crippen LogP contribution in [-0.4, -0.2) is 29.0 Å². The van der Waals surface area contributed by atoms with Crippen molar-refractivity contribution in [3.05, 3.63) is 35.9 Å². The number of fused-ring (bicyclic) bond motifs is 1. The number of carbonyl (C=O) groups is 1. The van der Waals surface area contributed by atoms with Gasteiger partial charge in [0.05, 0.1) is 6.42 Å². The maximum atomic E-state index is 11.9. The van der Waals surface area contributed by atoms with Gasteiger partial charge in [0.1, 0.15) is 6.10 Å². The smallest absolute Gasteiger partial charge is 0.228 e. The van der Waals surface area contributed by atoms with Crippen molar-refractivity contribution < 1.29 is 9.53 Å². The molecular formula is C13H14N2O2. The first-order valence-corrected chi connectivity index (χ1v) is 5.78. The van der Waals surface area contributed by atoms with Gasteiger partial charge in [-0.2, -0.15) is 0 Å². The van der Waals surface area contributed by atoms with Crippen LogP contribution in [0.15, 0.2) is 35.3 Å². The number of hydrogen-bond donors (Lipinski definition) is 0. The van der Waals surface area contributed by atoms with E-state index in [-0.39, 0.29) is 18.2 Å². The third-order valence-corrected chi connectivity index (χ3v) is 3.18. The zero-order valence-electron chi connectivity index (χ0n) is 9.67. The first-order chi connectivity index (χ1) is 8.24. The van der Waals surface area contributed by atoms with Crippen molar-refractivity contribution in [3.8, 4) is 0 Å². The highest BCUT2D eigenvalue weighted by atomic mass is 16.5. The molecular weight excluding hydrogens is 216 g/mol. The van der Waals surface area contributed by atoms with Gasteiger partial charge in [0, 0.05) is 13.5 Å². The summed E-state index contributed by atoms with van der Waals surface area (Å²) < 4.78 is 5.51. The van der Waals surface area contributed by atoms with Crippen molar-refractivity contribution in [2.24, 2.45) is 4.99 Å². The molecule has 3 rings (SSSR count). The number of likely N-dealkylation sites (tertiary alicyclic amines) is 1. The van der Waals surface area contributed by atoms with Crippen molar-refractivity contribution in [2.45, 2.75) is 32.2 Å². The summed E-state index contributed by atoms with van der Waals surface area (Å²) in [7, 11) is 0. The van der Waals surface area contributed by atoms with Crippen molar-refractivity contribution in [3.63, 3.8) is 0 Å². The van der Waals surface area contributed by atoms with Crippen LogP contribution < -0.4 is 0 Å². The normalized spacial score (nSPS) is 26.8. The number of rotatable bonds is 2. The standard InChI is InChI=1S/C13H14N2O2/c1-9-14-13-11(17-9)7-12(16)15(13)8-10-5-3-2-4-6-10/h2-6,11,13H,7-8H2,1H3/t11-,13+/m0/s1. The number of ether oxygens (including phenoxy) is 1. The van der Waals surface area contributed by atoms with Crippen LogP contribution in [0.5, 0.6) is 0 Å². The van der Waals surface area contributed by atoms with Gasteiger partial charge in [-0.15, -0.1) is 0 Å². The number of aliphatic imine (C=N–C) groups is 1. The molecule has 0 N–H and O–H groups in total. The van der Waals surface area contributed by atoms with E-state index >= 15 is 0 Å². The lowest BCUT2D eigenvalue weighted by Gasteiger charge is -2.20. The zero-order valence-corrected chi connectivity index (χ0v) is 9.67. The van der Waals surface area contributed by atoms with E-state index < -0.39 is 0 Å². The molecule has 0 radical (unpaired) electrons. The van der Waals surface area contributed by atoms with Gasteiger partial charge >= 0.3 is 0 Å². The minimum absolute atomic E-state index is 0.0776. The number of nitrogens with zero attached hydrogens (tertiary/aromatic N) is 2. The van der Waals surface area contributed by atoms with Crippen molar-refractivity contribution in [1.82, 2.24) is 4.90 Å². The van der Waals surface area contributed by atoms with E-state index in [1.54, 1.807) is 4.90 Å². The van der Waals surface area contributed by atoms with Gasteiger partial charge in [0.2, 0.25) is 5.91 Å². The van der Waals surface area contributed by atoms with Crippen LogP contribution in [0, 0.1) is 0 Å². The second kappa shape index (κ2) is 3.87. The van der Waals surface area contributed by atoms with Gasteiger partial charge in [-0.3, -0.25) is 4.79 Å². The highest BCUT2D eigenvalue weighted by molar-refractivity contribution is 5.84. The predicted molar refractivity (Wildman–Crippen MR) is 63.4 cm³/mol. The Morgan fingerprint density at radius 1 is 1.41 bits per heavy atom. The summed E-state index contributed by atoms with van der Waals surface area (Å²) in [5.41, 5.74) is 1.13. The average Bonchev–Trinajstić information content (AvgIpc) is 2.79. The topological polar surface area (TPSA) is 41.9 Å². The fourth-order valence-electron chi connectivity index (χ4n) is 2.40. The monoisotopic (exact) mass is 230 g/mol. The van der Waals surface area contributed by atoms with Crippen molar-refractivity contribution >= 4 is 11.8 Å². The van der Waals surface area contributed by atoms with Crippen LogP contribution >= 0.6 is 0 Å². The second-order valence-corrected chi connectivity index (χ2v) is 4.43. The highest BCUT2D eigenvalue weighted by Gasteiger charge is 2.44. The van der Waals surface area contributed by atoms with Gasteiger partial charge in [-0.25, -0.2) is 4.99 Å². The van der Waals surface area contributed by atoms with Crippen LogP contribution in [0.3, 0.4) is 0 Å². The summed E-state index contributed by atoms with van der Waals surface area (Å²) in [6.45, 7) is 2.45. The fraction of sp³-hybridized carbons (Fsp3) is 0.385. The minimum Gasteiger partial charge on any atom is -0.473 e. The molecule has 1 aromatic carbocycles. The first-order valence-electron chi connectivity index (χ1n) is 5.78. The van der Waals surface area contributed by atoms with Crippen LogP contribution in [0.2, 0.25) is 0 Å². The van der Waals surface area contributed by atoms with E-state index in [1.807, 2.05) is 37.3 Å². The average molecular weight is 230 g/mol. The molecule has 0 saturated carbocycles. The Morgan fingerprint density at radius 3 is 2.94 bits per heavy atom. The van der Waals surface area contributed by atoms with Crippen LogP contribution in [0.25, 0.3) is 0 Å². The third-order valence-electron chi connectivity index (χ3n) is 3.18. The molecule has 1 saturated heterocycles. The van der Waals surface area contributed by atoms with Gasteiger partial charge in [-0.1, -0.05) is 30.3 Å². The molecule has 88 valence electrons. The SMILES string of the molecule is CC1=N[C@H]2[C@H](CC(=O)N2Cc2ccccc2)O1. The van der Waals surface area contributed by atoms with E-state index in [0.717, 1.165) is 5.56 Å². The Labute approximate surface area is 99.9 Å². The molecule has 0 aromatic heterocycles. The molecule has 1 aromatic rings. The maximum absolute atomic E-state index is 11.9. The van der Waals surface area contributed by atoms with E-state index in [1.165, 1.54) is 0 Å². The summed E-state index contributed by atoms with van der Waals surface area (Å²) in [6.07, 6.45) is 0.243. The largest absolute Gasteiger partial charge is 0.473 e. The van der Waals surface area contributed by atoms with Gasteiger partial charge in [0.15, 0.2) is 12.1 Å². The van der Waals surface area contributed by atoms with Crippen LogP contribution in [-0.2, 0) is 16.1 Å². The first kappa shape index (κ1) is 10.3. The molecule has 4 heteroatoms. The summed E-state index contributed by atoms with van der Waals surface area (Å²) in [4.78, 5) is 18.1. The van der Waals surface area contributed by atoms with Crippen LogP contribution in [0.1, 0.15) is 18.9 Å². The van der Waals surface area contributed by atoms with Crippen LogP contribution in [0.4, 0.5) is 0 Å². The molecule has 2 heterocycles. The molecule has 0 unspecified atom stereocenters. The quantitative estimate of drug-likeness (QED) is 0.773. The van der Waals surface area contributed by atoms with Gasteiger partial charge in [0.25, 0.3) is 0 Å². The molecule has 0 bridgehead atoms. The summed E-state index contributed by atoms with van der Waals surface area (Å²) in [6, 6.07) is 9.97.